The zero-order chi connectivity index (χ0) is 16.9. The molecule has 0 radical (unpaired) electrons. The third-order valence-electron chi connectivity index (χ3n) is 3.51. The largest absolute Gasteiger partial charge is 0.467 e. The van der Waals surface area contributed by atoms with E-state index in [1.54, 1.807) is 30.5 Å². The van der Waals surface area contributed by atoms with Gasteiger partial charge in [-0.05, 0) is 36.2 Å². The van der Waals surface area contributed by atoms with E-state index < -0.39 is 0 Å². The summed E-state index contributed by atoms with van der Waals surface area (Å²) in [6.45, 7) is 5.13. The Morgan fingerprint density at radius 2 is 2.08 bits per heavy atom. The third-order valence-corrected chi connectivity index (χ3v) is 3.51. The number of nitrogens with one attached hydrogen (secondary N) is 2. The monoisotopic (exact) mass is 328 g/mol. The minimum Gasteiger partial charge on any atom is -0.467 e. The summed E-state index contributed by atoms with van der Waals surface area (Å²) in [6, 6.07) is 8.43. The van der Waals surface area contributed by atoms with Gasteiger partial charge in [-0.15, -0.1) is 0 Å². The van der Waals surface area contributed by atoms with Gasteiger partial charge in [0.25, 0.3) is 5.91 Å². The van der Waals surface area contributed by atoms with Gasteiger partial charge in [0.2, 0.25) is 0 Å². The van der Waals surface area contributed by atoms with E-state index in [2.05, 4.69) is 34.6 Å². The number of carbonyl (C=O) groups excluding carboxylic acids is 1. The van der Waals surface area contributed by atoms with E-state index in [9.17, 15) is 4.79 Å². The maximum atomic E-state index is 12.5. The van der Waals surface area contributed by atoms with Crippen molar-refractivity contribution >= 4 is 16.9 Å². The van der Waals surface area contributed by atoms with Gasteiger partial charge in [0.15, 0.2) is 0 Å². The van der Waals surface area contributed by atoms with Gasteiger partial charge in [-0.2, -0.15) is 15.4 Å². The Labute approximate surface area is 139 Å². The summed E-state index contributed by atoms with van der Waals surface area (Å²) in [5.74, 6) is 0.872. The number of hydrogen-bond acceptors (Lipinski definition) is 5. The second-order valence-electron chi connectivity index (χ2n) is 6.00. The fourth-order valence-electron chi connectivity index (χ4n) is 2.33. The number of aromatic nitrogens is 3. The summed E-state index contributed by atoms with van der Waals surface area (Å²) in [7, 11) is 0. The Bertz CT molecular complexity index is 795. The Morgan fingerprint density at radius 1 is 1.25 bits per heavy atom. The summed E-state index contributed by atoms with van der Waals surface area (Å²) in [4.78, 5) is 12.5. The van der Waals surface area contributed by atoms with Crippen LogP contribution in [0, 0.1) is 5.92 Å². The van der Waals surface area contributed by atoms with E-state index in [1.807, 2.05) is 6.07 Å². The van der Waals surface area contributed by atoms with Crippen molar-refractivity contribution in [2.24, 2.45) is 5.92 Å². The predicted octanol–water partition coefficient (Wildman–Crippen LogP) is 2.69. The first-order valence-corrected chi connectivity index (χ1v) is 7.86. The van der Waals surface area contributed by atoms with Crippen molar-refractivity contribution < 1.29 is 13.9 Å². The van der Waals surface area contributed by atoms with Gasteiger partial charge in [0, 0.05) is 12.2 Å². The number of aromatic amines is 1. The Kier molecular flexibility index (Phi) is 4.90. The number of hydrogen-bond donors (Lipinski definition) is 2. The van der Waals surface area contributed by atoms with E-state index in [-0.39, 0.29) is 11.9 Å². The zero-order valence-electron chi connectivity index (χ0n) is 13.7. The van der Waals surface area contributed by atoms with E-state index in [4.69, 9.17) is 9.15 Å². The Morgan fingerprint density at radius 3 is 2.83 bits per heavy atom. The van der Waals surface area contributed by atoms with E-state index in [0.717, 1.165) is 5.52 Å². The number of amides is 1. The van der Waals surface area contributed by atoms with Crippen LogP contribution in [0.2, 0.25) is 0 Å². The molecule has 126 valence electrons. The van der Waals surface area contributed by atoms with Crippen molar-refractivity contribution in [1.82, 2.24) is 20.7 Å². The van der Waals surface area contributed by atoms with Crippen molar-refractivity contribution in [3.8, 4) is 0 Å². The van der Waals surface area contributed by atoms with Crippen LogP contribution in [0.3, 0.4) is 0 Å². The summed E-state index contributed by atoms with van der Waals surface area (Å²) in [5.41, 5.74) is 1.87. The maximum absolute atomic E-state index is 12.5. The molecule has 2 heterocycles. The van der Waals surface area contributed by atoms with Crippen LogP contribution in [-0.2, 0) is 4.74 Å². The molecule has 3 rings (SSSR count). The topological polar surface area (TPSA) is 93.0 Å². The molecule has 2 N–H and O–H groups in total. The van der Waals surface area contributed by atoms with Gasteiger partial charge < -0.3 is 14.5 Å². The van der Waals surface area contributed by atoms with Gasteiger partial charge in [-0.3, -0.25) is 4.79 Å². The smallest absolute Gasteiger partial charge is 0.252 e. The molecule has 7 heteroatoms. The molecule has 0 aliphatic carbocycles. The van der Waals surface area contributed by atoms with Crippen LogP contribution in [0.15, 0.2) is 41.0 Å². The lowest BCUT2D eigenvalue weighted by Crippen LogP contribution is -2.31. The summed E-state index contributed by atoms with van der Waals surface area (Å²) < 4.78 is 11.1. The third kappa shape index (κ3) is 3.80. The molecule has 7 nitrogen and oxygen atoms in total. The second-order valence-corrected chi connectivity index (χ2v) is 6.00. The van der Waals surface area contributed by atoms with Gasteiger partial charge in [-0.25, -0.2) is 0 Å². The number of fused-ring (bicyclic) bond motifs is 1. The van der Waals surface area contributed by atoms with Gasteiger partial charge >= 0.3 is 0 Å². The molecular weight excluding hydrogens is 308 g/mol. The molecule has 0 spiro atoms. The predicted molar refractivity (Wildman–Crippen MR) is 88.5 cm³/mol. The van der Waals surface area contributed by atoms with Crippen molar-refractivity contribution in [1.29, 1.82) is 0 Å². The van der Waals surface area contributed by atoms with E-state index in [0.29, 0.717) is 36.0 Å². The molecule has 0 fully saturated rings. The van der Waals surface area contributed by atoms with Crippen LogP contribution < -0.4 is 5.32 Å². The average molecular weight is 328 g/mol. The molecule has 1 amide bonds. The number of H-pyrrole nitrogens is 1. The highest BCUT2D eigenvalue weighted by molar-refractivity contribution is 5.97. The number of rotatable bonds is 7. The minimum atomic E-state index is -0.348. The van der Waals surface area contributed by atoms with Gasteiger partial charge in [0.05, 0.1) is 12.9 Å². The molecule has 0 saturated carbocycles. The van der Waals surface area contributed by atoms with Crippen LogP contribution in [0.25, 0.3) is 11.0 Å². The highest BCUT2D eigenvalue weighted by Gasteiger charge is 2.19. The first kappa shape index (κ1) is 16.2. The fourth-order valence-corrected chi connectivity index (χ4v) is 2.33. The van der Waals surface area contributed by atoms with Crippen LogP contribution in [0.1, 0.15) is 36.0 Å². The summed E-state index contributed by atoms with van der Waals surface area (Å²) in [5, 5.41) is 13.5. The molecule has 3 aromatic rings. The number of furan rings is 1. The fraction of sp³-hybridized carbons (Fsp3) is 0.353. The van der Waals surface area contributed by atoms with Crippen molar-refractivity contribution in [2.75, 3.05) is 13.2 Å². The van der Waals surface area contributed by atoms with Gasteiger partial charge in [0.1, 0.15) is 22.8 Å². The van der Waals surface area contributed by atoms with Crippen LogP contribution in [0.4, 0.5) is 0 Å². The standard InChI is InChI=1S/C17H20N4O3/c1-11(2)9-23-10-15(16-4-3-7-24-16)18-17(22)12-5-6-13-14(8-12)20-21-19-13/h3-8,11,15H,9-10H2,1-2H3,(H,18,22)(H,19,20,21)/t15-/m1/s1. The Hall–Kier alpha value is -2.67. The highest BCUT2D eigenvalue weighted by atomic mass is 16.5. The van der Waals surface area contributed by atoms with E-state index in [1.165, 1.54) is 0 Å². The molecule has 0 bridgehead atoms. The van der Waals surface area contributed by atoms with Crippen molar-refractivity contribution in [2.45, 2.75) is 19.9 Å². The summed E-state index contributed by atoms with van der Waals surface area (Å²) in [6.07, 6.45) is 1.58. The molecule has 0 aliphatic heterocycles. The number of nitrogens with zero attached hydrogens (tertiary/aromatic N) is 2. The number of carbonyl (C=O) groups is 1. The van der Waals surface area contributed by atoms with Crippen LogP contribution in [-0.4, -0.2) is 34.5 Å². The molecule has 0 unspecified atom stereocenters. The molecule has 1 atom stereocenters. The maximum Gasteiger partial charge on any atom is 0.252 e. The quantitative estimate of drug-likeness (QED) is 0.695. The first-order chi connectivity index (χ1) is 11.6. The van der Waals surface area contributed by atoms with Crippen molar-refractivity contribution in [3.05, 3.63) is 47.9 Å². The lowest BCUT2D eigenvalue weighted by molar-refractivity contribution is 0.0730. The molecular formula is C17H20N4O3. The normalized spacial score (nSPS) is 12.6. The summed E-state index contributed by atoms with van der Waals surface area (Å²) >= 11 is 0. The van der Waals surface area contributed by atoms with Crippen LogP contribution >= 0.6 is 0 Å². The molecule has 0 aliphatic rings. The highest BCUT2D eigenvalue weighted by Crippen LogP contribution is 2.17. The minimum absolute atomic E-state index is 0.213. The SMILES string of the molecule is CC(C)COC[C@@H](NC(=O)c1ccc2n[nH]nc2c1)c1ccco1. The van der Waals surface area contributed by atoms with Crippen molar-refractivity contribution in [3.63, 3.8) is 0 Å². The lowest BCUT2D eigenvalue weighted by Gasteiger charge is -2.17. The number of ether oxygens (including phenoxy) is 1. The molecule has 0 saturated heterocycles. The first-order valence-electron chi connectivity index (χ1n) is 7.86. The average Bonchev–Trinajstić information content (AvgIpc) is 3.24. The second kappa shape index (κ2) is 7.27. The Balaban J connectivity index is 1.72. The zero-order valence-corrected chi connectivity index (χ0v) is 13.7. The number of benzene rings is 1. The van der Waals surface area contributed by atoms with Gasteiger partial charge in [-0.1, -0.05) is 13.8 Å². The van der Waals surface area contributed by atoms with Crippen LogP contribution in [0.5, 0.6) is 0 Å². The molecule has 24 heavy (non-hydrogen) atoms. The molecule has 1 aromatic carbocycles. The molecule has 2 aromatic heterocycles. The van der Waals surface area contributed by atoms with E-state index >= 15 is 0 Å². The lowest BCUT2D eigenvalue weighted by atomic mass is 10.1.